The maximum absolute atomic E-state index is 13.0. The summed E-state index contributed by atoms with van der Waals surface area (Å²) in [5.41, 5.74) is 4.57. The monoisotopic (exact) mass is 361 g/mol. The molecular formula is C23H27N3O. The highest BCUT2D eigenvalue weighted by Crippen LogP contribution is 2.33. The quantitative estimate of drug-likeness (QED) is 0.756. The van der Waals surface area contributed by atoms with Gasteiger partial charge >= 0.3 is 0 Å². The minimum atomic E-state index is 0.163. The van der Waals surface area contributed by atoms with Crippen LogP contribution >= 0.6 is 0 Å². The van der Waals surface area contributed by atoms with E-state index in [1.54, 1.807) is 6.33 Å². The summed E-state index contributed by atoms with van der Waals surface area (Å²) in [6, 6.07) is 8.52. The molecule has 27 heavy (non-hydrogen) atoms. The number of hydrogen-bond acceptors (Lipinski definition) is 3. The molecule has 0 unspecified atom stereocenters. The number of amides is 1. The van der Waals surface area contributed by atoms with Crippen LogP contribution in [0.15, 0.2) is 48.9 Å². The van der Waals surface area contributed by atoms with Gasteiger partial charge in [0.2, 0.25) is 5.91 Å². The number of likely N-dealkylation sites (tertiary alicyclic amines) is 1. The number of nitrogens with zero attached hydrogens (tertiary/aromatic N) is 3. The van der Waals surface area contributed by atoms with Gasteiger partial charge in [-0.15, -0.1) is 0 Å². The van der Waals surface area contributed by atoms with Crippen LogP contribution in [0.5, 0.6) is 0 Å². The van der Waals surface area contributed by atoms with Gasteiger partial charge in [0, 0.05) is 36.7 Å². The molecule has 4 nitrogen and oxygen atoms in total. The summed E-state index contributed by atoms with van der Waals surface area (Å²) in [7, 11) is 0. The number of aromatic nitrogens is 2. The van der Waals surface area contributed by atoms with Crippen molar-refractivity contribution in [2.45, 2.75) is 44.9 Å². The van der Waals surface area contributed by atoms with Crippen molar-refractivity contribution in [3.8, 4) is 11.1 Å². The van der Waals surface area contributed by atoms with Crippen LogP contribution in [0.3, 0.4) is 0 Å². The van der Waals surface area contributed by atoms with Crippen LogP contribution in [0.2, 0.25) is 0 Å². The second-order valence-corrected chi connectivity index (χ2v) is 7.79. The first-order valence-corrected chi connectivity index (χ1v) is 10.0. The lowest BCUT2D eigenvalue weighted by molar-refractivity contribution is -0.137. The largest absolute Gasteiger partial charge is 0.342 e. The fourth-order valence-corrected chi connectivity index (χ4v) is 4.30. The van der Waals surface area contributed by atoms with Gasteiger partial charge in [-0.3, -0.25) is 4.79 Å². The van der Waals surface area contributed by atoms with Crippen LogP contribution in [0.4, 0.5) is 0 Å². The summed E-state index contributed by atoms with van der Waals surface area (Å²) in [6.45, 7) is 3.74. The fourth-order valence-electron chi connectivity index (χ4n) is 4.30. The Morgan fingerprint density at radius 2 is 2.00 bits per heavy atom. The Labute approximate surface area is 161 Å². The van der Waals surface area contributed by atoms with Crippen LogP contribution in [-0.4, -0.2) is 33.9 Å². The van der Waals surface area contributed by atoms with Crippen molar-refractivity contribution in [3.63, 3.8) is 0 Å². The first-order chi connectivity index (χ1) is 13.2. The van der Waals surface area contributed by atoms with Crippen LogP contribution in [-0.2, 0) is 4.79 Å². The van der Waals surface area contributed by atoms with Crippen LogP contribution in [0, 0.1) is 12.8 Å². The Kier molecular flexibility index (Phi) is 5.33. The van der Waals surface area contributed by atoms with E-state index in [4.69, 9.17) is 0 Å². The highest BCUT2D eigenvalue weighted by molar-refractivity contribution is 5.79. The summed E-state index contributed by atoms with van der Waals surface area (Å²) < 4.78 is 0. The molecule has 2 aromatic rings. The van der Waals surface area contributed by atoms with Gasteiger partial charge in [0.15, 0.2) is 0 Å². The number of aryl methyl sites for hydroxylation is 1. The molecule has 1 amide bonds. The van der Waals surface area contributed by atoms with Crippen LogP contribution < -0.4 is 0 Å². The average molecular weight is 361 g/mol. The standard InChI is InChI=1S/C23H27N3O/c1-17-9-11-18(12-10-17)21-14-24-16-25-22(21)20-8-5-13-26(15-20)23(27)19-6-3-2-4-7-19/h2-3,9-12,14,16,19-20H,4-8,13,15H2,1H3/t19-,20+/m1/s1. The molecule has 2 aliphatic rings. The van der Waals surface area contributed by atoms with E-state index in [0.29, 0.717) is 5.91 Å². The zero-order valence-electron chi connectivity index (χ0n) is 16.0. The minimum Gasteiger partial charge on any atom is -0.342 e. The summed E-state index contributed by atoms with van der Waals surface area (Å²) in [4.78, 5) is 24.0. The lowest BCUT2D eigenvalue weighted by atomic mass is 9.88. The first-order valence-electron chi connectivity index (χ1n) is 10.0. The van der Waals surface area contributed by atoms with E-state index < -0.39 is 0 Å². The zero-order chi connectivity index (χ0) is 18.6. The highest BCUT2D eigenvalue weighted by atomic mass is 16.2. The van der Waals surface area contributed by atoms with Gasteiger partial charge in [0.1, 0.15) is 6.33 Å². The van der Waals surface area contributed by atoms with Crippen molar-refractivity contribution in [1.82, 2.24) is 14.9 Å². The molecule has 0 saturated carbocycles. The van der Waals surface area contributed by atoms with Crippen molar-refractivity contribution in [2.75, 3.05) is 13.1 Å². The van der Waals surface area contributed by atoms with Gasteiger partial charge in [-0.05, 0) is 44.6 Å². The number of benzene rings is 1. The molecule has 1 fully saturated rings. The SMILES string of the molecule is Cc1ccc(-c2cncnc2[C@H]2CCCN(C(=O)[C@@H]3CC=CCC3)C2)cc1. The van der Waals surface area contributed by atoms with E-state index in [2.05, 4.69) is 58.2 Å². The Morgan fingerprint density at radius 3 is 2.78 bits per heavy atom. The topological polar surface area (TPSA) is 46.1 Å². The third-order valence-electron chi connectivity index (χ3n) is 5.84. The second kappa shape index (κ2) is 8.03. The Morgan fingerprint density at radius 1 is 1.15 bits per heavy atom. The molecule has 2 atom stereocenters. The van der Waals surface area contributed by atoms with E-state index in [-0.39, 0.29) is 11.8 Å². The molecule has 1 saturated heterocycles. The lowest BCUT2D eigenvalue weighted by Crippen LogP contribution is -2.42. The van der Waals surface area contributed by atoms with Crippen molar-refractivity contribution in [1.29, 1.82) is 0 Å². The van der Waals surface area contributed by atoms with E-state index in [1.807, 2.05) is 6.20 Å². The maximum atomic E-state index is 13.0. The molecule has 0 radical (unpaired) electrons. The summed E-state index contributed by atoms with van der Waals surface area (Å²) in [5.74, 6) is 0.770. The number of rotatable bonds is 3. The fraction of sp³-hybridized carbons (Fsp3) is 0.435. The molecule has 4 rings (SSSR count). The third-order valence-corrected chi connectivity index (χ3v) is 5.84. The molecule has 0 bridgehead atoms. The van der Waals surface area contributed by atoms with E-state index in [9.17, 15) is 4.79 Å². The van der Waals surface area contributed by atoms with Gasteiger partial charge in [-0.1, -0.05) is 42.0 Å². The van der Waals surface area contributed by atoms with Gasteiger partial charge in [-0.2, -0.15) is 0 Å². The predicted octanol–water partition coefficient (Wildman–Crippen LogP) is 4.51. The third kappa shape index (κ3) is 3.95. The highest BCUT2D eigenvalue weighted by Gasteiger charge is 2.31. The Bertz CT molecular complexity index is 828. The van der Waals surface area contributed by atoms with Gasteiger partial charge in [-0.25, -0.2) is 9.97 Å². The summed E-state index contributed by atoms with van der Waals surface area (Å²) in [5, 5.41) is 0. The predicted molar refractivity (Wildman–Crippen MR) is 107 cm³/mol. The molecule has 140 valence electrons. The van der Waals surface area contributed by atoms with E-state index in [0.717, 1.165) is 62.0 Å². The van der Waals surface area contributed by atoms with Gasteiger partial charge < -0.3 is 4.90 Å². The normalized spacial score (nSPS) is 22.6. The Balaban J connectivity index is 1.56. The van der Waals surface area contributed by atoms with Crippen LogP contribution in [0.25, 0.3) is 11.1 Å². The smallest absolute Gasteiger partial charge is 0.226 e. The number of hydrogen-bond donors (Lipinski definition) is 0. The minimum absolute atomic E-state index is 0.163. The van der Waals surface area contributed by atoms with Crippen molar-refractivity contribution in [2.24, 2.45) is 5.92 Å². The molecule has 1 aliphatic heterocycles. The Hall–Kier alpha value is -2.49. The molecule has 4 heteroatoms. The number of allylic oxidation sites excluding steroid dienone is 2. The van der Waals surface area contributed by atoms with E-state index in [1.165, 1.54) is 5.56 Å². The summed E-state index contributed by atoms with van der Waals surface area (Å²) in [6.07, 6.45) is 12.9. The zero-order valence-corrected chi connectivity index (χ0v) is 16.0. The van der Waals surface area contributed by atoms with E-state index >= 15 is 0 Å². The van der Waals surface area contributed by atoms with Gasteiger partial charge in [0.25, 0.3) is 0 Å². The van der Waals surface area contributed by atoms with Crippen molar-refractivity contribution >= 4 is 5.91 Å². The molecular weight excluding hydrogens is 334 g/mol. The van der Waals surface area contributed by atoms with Crippen molar-refractivity contribution in [3.05, 3.63) is 60.2 Å². The molecule has 2 heterocycles. The molecule has 1 aliphatic carbocycles. The summed E-state index contributed by atoms with van der Waals surface area (Å²) >= 11 is 0. The molecule has 1 aromatic carbocycles. The molecule has 0 N–H and O–H groups in total. The molecule has 1 aromatic heterocycles. The van der Waals surface area contributed by atoms with Crippen molar-refractivity contribution < 1.29 is 4.79 Å². The molecule has 0 spiro atoms. The lowest BCUT2D eigenvalue weighted by Gasteiger charge is -2.35. The number of piperidine rings is 1. The maximum Gasteiger partial charge on any atom is 0.226 e. The number of carbonyl (C=O) groups is 1. The second-order valence-electron chi connectivity index (χ2n) is 7.79. The van der Waals surface area contributed by atoms with Gasteiger partial charge in [0.05, 0.1) is 5.69 Å². The number of carbonyl (C=O) groups excluding carboxylic acids is 1. The first kappa shape index (κ1) is 17.9. The van der Waals surface area contributed by atoms with Crippen LogP contribution in [0.1, 0.15) is 49.3 Å². The average Bonchev–Trinajstić information content (AvgIpc) is 2.74.